The van der Waals surface area contributed by atoms with Gasteiger partial charge >= 0.3 is 0 Å². The average molecular weight is 306 g/mol. The van der Waals surface area contributed by atoms with Crippen LogP contribution in [0.15, 0.2) is 42.5 Å². The number of anilines is 1. The number of nitrogens with zero attached hydrogens (tertiary/aromatic N) is 1. The van der Waals surface area contributed by atoms with Gasteiger partial charge < -0.3 is 4.90 Å². The number of carbonyl (C=O) groups excluding carboxylic acids is 1. The summed E-state index contributed by atoms with van der Waals surface area (Å²) in [6.07, 6.45) is 0.861. The summed E-state index contributed by atoms with van der Waals surface area (Å²) >= 11 is 12.1. The highest BCUT2D eigenvalue weighted by atomic mass is 35.5. The quantitative estimate of drug-likeness (QED) is 0.755. The highest BCUT2D eigenvalue weighted by molar-refractivity contribution is 6.36. The molecule has 0 bridgehead atoms. The summed E-state index contributed by atoms with van der Waals surface area (Å²) in [6.45, 7) is 2.04. The van der Waals surface area contributed by atoms with E-state index in [1.54, 1.807) is 23.1 Å². The predicted octanol–water partition coefficient (Wildman–Crippen LogP) is 4.58. The molecule has 3 rings (SSSR count). The second-order valence-corrected chi connectivity index (χ2v) is 5.82. The SMILES string of the molecule is C[C@@H]1Cc2ccccc2N1C(=O)c1cc(Cl)ccc1Cl. The van der Waals surface area contributed by atoms with Crippen LogP contribution < -0.4 is 4.90 Å². The summed E-state index contributed by atoms with van der Waals surface area (Å²) in [7, 11) is 0. The largest absolute Gasteiger partial charge is 0.305 e. The second-order valence-electron chi connectivity index (χ2n) is 4.98. The van der Waals surface area contributed by atoms with Crippen molar-refractivity contribution in [2.24, 2.45) is 0 Å². The molecule has 2 aromatic rings. The molecule has 0 unspecified atom stereocenters. The molecule has 1 aliphatic heterocycles. The second kappa shape index (κ2) is 5.12. The molecule has 0 aliphatic carbocycles. The van der Waals surface area contributed by atoms with E-state index >= 15 is 0 Å². The zero-order valence-corrected chi connectivity index (χ0v) is 12.4. The first-order chi connectivity index (χ1) is 9.58. The molecule has 0 fully saturated rings. The van der Waals surface area contributed by atoms with Crippen molar-refractivity contribution in [3.63, 3.8) is 0 Å². The number of halogens is 2. The van der Waals surface area contributed by atoms with Crippen LogP contribution in [0.1, 0.15) is 22.8 Å². The van der Waals surface area contributed by atoms with Crippen LogP contribution in [0.5, 0.6) is 0 Å². The first-order valence-electron chi connectivity index (χ1n) is 6.44. The van der Waals surface area contributed by atoms with Crippen LogP contribution in [0, 0.1) is 0 Å². The Morgan fingerprint density at radius 1 is 1.20 bits per heavy atom. The zero-order valence-electron chi connectivity index (χ0n) is 10.9. The van der Waals surface area contributed by atoms with E-state index in [0.29, 0.717) is 15.6 Å². The summed E-state index contributed by atoms with van der Waals surface area (Å²) < 4.78 is 0. The highest BCUT2D eigenvalue weighted by Gasteiger charge is 2.32. The number of carbonyl (C=O) groups is 1. The van der Waals surface area contributed by atoms with Crippen LogP contribution in [0.3, 0.4) is 0 Å². The standard InChI is InChI=1S/C16H13Cl2NO/c1-10-8-11-4-2-3-5-15(11)19(10)16(20)13-9-12(17)6-7-14(13)18/h2-7,9-10H,8H2,1H3/t10-/m1/s1. The maximum absolute atomic E-state index is 12.8. The number of hydrogen-bond acceptors (Lipinski definition) is 1. The van der Waals surface area contributed by atoms with Crippen molar-refractivity contribution >= 4 is 34.8 Å². The van der Waals surface area contributed by atoms with E-state index in [2.05, 4.69) is 6.07 Å². The lowest BCUT2D eigenvalue weighted by Crippen LogP contribution is -2.35. The van der Waals surface area contributed by atoms with E-state index in [1.807, 2.05) is 25.1 Å². The molecule has 1 aliphatic rings. The molecule has 4 heteroatoms. The van der Waals surface area contributed by atoms with Crippen molar-refractivity contribution in [2.75, 3.05) is 4.90 Å². The molecule has 2 nitrogen and oxygen atoms in total. The molecule has 102 valence electrons. The van der Waals surface area contributed by atoms with Gasteiger partial charge in [-0.05, 0) is 43.2 Å². The van der Waals surface area contributed by atoms with E-state index in [-0.39, 0.29) is 11.9 Å². The first-order valence-corrected chi connectivity index (χ1v) is 7.20. The summed E-state index contributed by atoms with van der Waals surface area (Å²) in [5.41, 5.74) is 2.59. The molecule has 1 atom stereocenters. The Labute approximate surface area is 127 Å². The lowest BCUT2D eigenvalue weighted by atomic mass is 10.1. The molecule has 20 heavy (non-hydrogen) atoms. The van der Waals surface area contributed by atoms with Gasteiger partial charge in [-0.3, -0.25) is 4.79 Å². The van der Waals surface area contributed by atoms with Crippen LogP contribution >= 0.6 is 23.2 Å². The summed E-state index contributed by atoms with van der Waals surface area (Å²) in [6, 6.07) is 13.0. The smallest absolute Gasteiger partial charge is 0.260 e. The maximum atomic E-state index is 12.8. The van der Waals surface area contributed by atoms with Gasteiger partial charge in [0.15, 0.2) is 0 Å². The minimum absolute atomic E-state index is 0.102. The third kappa shape index (κ3) is 2.19. The van der Waals surface area contributed by atoms with Crippen LogP contribution in [-0.2, 0) is 6.42 Å². The number of hydrogen-bond donors (Lipinski definition) is 0. The monoisotopic (exact) mass is 305 g/mol. The van der Waals surface area contributed by atoms with Crippen LogP contribution in [-0.4, -0.2) is 11.9 Å². The van der Waals surface area contributed by atoms with Crippen molar-refractivity contribution in [1.29, 1.82) is 0 Å². The number of para-hydroxylation sites is 1. The molecule has 1 amide bonds. The molecule has 0 aromatic heterocycles. The van der Waals surface area contributed by atoms with Gasteiger partial charge in [-0.25, -0.2) is 0 Å². The highest BCUT2D eigenvalue weighted by Crippen LogP contribution is 2.34. The molecule has 0 radical (unpaired) electrons. The van der Waals surface area contributed by atoms with Gasteiger partial charge in [0.2, 0.25) is 0 Å². The van der Waals surface area contributed by atoms with Gasteiger partial charge in [0, 0.05) is 16.8 Å². The van der Waals surface area contributed by atoms with Crippen LogP contribution in [0.4, 0.5) is 5.69 Å². The zero-order chi connectivity index (χ0) is 14.3. The topological polar surface area (TPSA) is 20.3 Å². The third-order valence-electron chi connectivity index (χ3n) is 3.58. The van der Waals surface area contributed by atoms with E-state index in [1.165, 1.54) is 5.56 Å². The van der Waals surface area contributed by atoms with Crippen molar-refractivity contribution in [3.05, 3.63) is 63.6 Å². The van der Waals surface area contributed by atoms with E-state index in [9.17, 15) is 4.79 Å². The Morgan fingerprint density at radius 2 is 1.95 bits per heavy atom. The van der Waals surface area contributed by atoms with Crippen LogP contribution in [0.25, 0.3) is 0 Å². The molecule has 0 saturated carbocycles. The van der Waals surface area contributed by atoms with Gasteiger partial charge in [-0.15, -0.1) is 0 Å². The minimum atomic E-state index is -0.102. The van der Waals surface area contributed by atoms with Crippen molar-refractivity contribution in [3.8, 4) is 0 Å². The predicted molar refractivity (Wildman–Crippen MR) is 82.9 cm³/mol. The van der Waals surface area contributed by atoms with Crippen molar-refractivity contribution in [1.82, 2.24) is 0 Å². The van der Waals surface area contributed by atoms with E-state index < -0.39 is 0 Å². The fourth-order valence-corrected chi connectivity index (χ4v) is 3.04. The number of rotatable bonds is 1. The minimum Gasteiger partial charge on any atom is -0.305 e. The molecule has 1 heterocycles. The van der Waals surface area contributed by atoms with Gasteiger partial charge in [0.05, 0.1) is 10.6 Å². The molecule has 0 spiro atoms. The fourth-order valence-electron chi connectivity index (χ4n) is 2.67. The molecule has 2 aromatic carbocycles. The molecular weight excluding hydrogens is 293 g/mol. The summed E-state index contributed by atoms with van der Waals surface area (Å²) in [5.74, 6) is -0.102. The van der Waals surface area contributed by atoms with Gasteiger partial charge in [0.25, 0.3) is 5.91 Å². The van der Waals surface area contributed by atoms with E-state index in [0.717, 1.165) is 12.1 Å². The van der Waals surface area contributed by atoms with Gasteiger partial charge in [-0.1, -0.05) is 41.4 Å². The average Bonchev–Trinajstić information content (AvgIpc) is 2.76. The third-order valence-corrected chi connectivity index (χ3v) is 4.15. The Hall–Kier alpha value is -1.51. The Kier molecular flexibility index (Phi) is 3.45. The van der Waals surface area contributed by atoms with Gasteiger partial charge in [-0.2, -0.15) is 0 Å². The van der Waals surface area contributed by atoms with Gasteiger partial charge in [0.1, 0.15) is 0 Å². The number of fused-ring (bicyclic) bond motifs is 1. The summed E-state index contributed by atoms with van der Waals surface area (Å²) in [5, 5.41) is 0.939. The molecule has 0 saturated heterocycles. The Morgan fingerprint density at radius 3 is 2.75 bits per heavy atom. The summed E-state index contributed by atoms with van der Waals surface area (Å²) in [4.78, 5) is 14.6. The Balaban J connectivity index is 2.05. The number of benzene rings is 2. The van der Waals surface area contributed by atoms with Crippen molar-refractivity contribution < 1.29 is 4.79 Å². The first kappa shape index (κ1) is 13.5. The fraction of sp³-hybridized carbons (Fsp3) is 0.188. The maximum Gasteiger partial charge on any atom is 0.260 e. The van der Waals surface area contributed by atoms with Crippen LogP contribution in [0.2, 0.25) is 10.0 Å². The molecule has 0 N–H and O–H groups in total. The molecular formula is C16H13Cl2NO. The Bertz CT molecular complexity index is 684. The lowest BCUT2D eigenvalue weighted by molar-refractivity contribution is 0.0981. The normalized spacial score (nSPS) is 17.1. The lowest BCUT2D eigenvalue weighted by Gasteiger charge is -2.23. The number of amides is 1. The van der Waals surface area contributed by atoms with Crippen molar-refractivity contribution in [2.45, 2.75) is 19.4 Å². The van der Waals surface area contributed by atoms with E-state index in [4.69, 9.17) is 23.2 Å².